The van der Waals surface area contributed by atoms with Gasteiger partial charge in [0.25, 0.3) is 0 Å². The first kappa shape index (κ1) is 11.5. The van der Waals surface area contributed by atoms with E-state index >= 15 is 0 Å². The van der Waals surface area contributed by atoms with Crippen molar-refractivity contribution in [2.45, 2.75) is 18.8 Å². The van der Waals surface area contributed by atoms with E-state index in [4.69, 9.17) is 11.6 Å². The quantitative estimate of drug-likeness (QED) is 0.734. The Bertz CT molecular complexity index is 586. The largest absolute Gasteiger partial charge is 0.293 e. The zero-order chi connectivity index (χ0) is 12.5. The van der Waals surface area contributed by atoms with Crippen molar-refractivity contribution in [3.63, 3.8) is 0 Å². The minimum atomic E-state index is 0.0161. The maximum Gasteiger partial charge on any atom is 0.170 e. The van der Waals surface area contributed by atoms with Crippen LogP contribution in [0.3, 0.4) is 0 Å². The maximum atomic E-state index is 12.5. The number of ketones is 1. The Morgan fingerprint density at radius 1 is 1.06 bits per heavy atom. The number of fused-ring (bicyclic) bond motifs is 1. The van der Waals surface area contributed by atoms with Gasteiger partial charge < -0.3 is 0 Å². The van der Waals surface area contributed by atoms with Crippen molar-refractivity contribution >= 4 is 17.4 Å². The SMILES string of the molecule is O=C(c1ccc(Cl)cc1)[C@@H]1CCc2ccccc21. The fourth-order valence-corrected chi connectivity index (χ4v) is 2.77. The maximum absolute atomic E-state index is 12.5. The Balaban J connectivity index is 1.93. The van der Waals surface area contributed by atoms with Crippen LogP contribution in [0.25, 0.3) is 0 Å². The van der Waals surface area contributed by atoms with Crippen LogP contribution in [0.4, 0.5) is 0 Å². The van der Waals surface area contributed by atoms with Crippen LogP contribution in [0.5, 0.6) is 0 Å². The molecule has 2 heteroatoms. The fourth-order valence-electron chi connectivity index (χ4n) is 2.64. The van der Waals surface area contributed by atoms with Crippen molar-refractivity contribution in [3.05, 3.63) is 70.2 Å². The van der Waals surface area contributed by atoms with E-state index in [0.717, 1.165) is 18.4 Å². The second-order valence-corrected chi connectivity index (χ2v) is 5.10. The average molecular weight is 257 g/mol. The van der Waals surface area contributed by atoms with E-state index in [1.807, 2.05) is 24.3 Å². The molecule has 1 aliphatic carbocycles. The molecule has 2 aromatic carbocycles. The summed E-state index contributed by atoms with van der Waals surface area (Å²) in [6.45, 7) is 0. The van der Waals surface area contributed by atoms with Gasteiger partial charge in [0.2, 0.25) is 0 Å². The Labute approximate surface area is 111 Å². The molecule has 2 aromatic rings. The van der Waals surface area contributed by atoms with Crippen molar-refractivity contribution in [2.75, 3.05) is 0 Å². The van der Waals surface area contributed by atoms with E-state index in [-0.39, 0.29) is 11.7 Å². The summed E-state index contributed by atoms with van der Waals surface area (Å²) in [6, 6.07) is 15.4. The normalized spacial score (nSPS) is 17.5. The number of rotatable bonds is 2. The topological polar surface area (TPSA) is 17.1 Å². The molecule has 1 atom stereocenters. The van der Waals surface area contributed by atoms with Crippen LogP contribution in [0.15, 0.2) is 48.5 Å². The van der Waals surface area contributed by atoms with Gasteiger partial charge in [-0.1, -0.05) is 35.9 Å². The van der Waals surface area contributed by atoms with Gasteiger partial charge in [-0.15, -0.1) is 0 Å². The summed E-state index contributed by atoms with van der Waals surface area (Å²) in [6.07, 6.45) is 1.92. The Kier molecular flexibility index (Phi) is 2.92. The molecule has 0 fully saturated rings. The van der Waals surface area contributed by atoms with E-state index in [2.05, 4.69) is 12.1 Å². The number of carbonyl (C=O) groups excluding carboxylic acids is 1. The molecule has 1 aliphatic rings. The van der Waals surface area contributed by atoms with Gasteiger partial charge >= 0.3 is 0 Å². The van der Waals surface area contributed by atoms with Crippen molar-refractivity contribution in [3.8, 4) is 0 Å². The highest BCUT2D eigenvalue weighted by atomic mass is 35.5. The molecule has 0 aromatic heterocycles. The number of halogens is 1. The lowest BCUT2D eigenvalue weighted by Gasteiger charge is -2.10. The molecule has 0 spiro atoms. The minimum Gasteiger partial charge on any atom is -0.293 e. The summed E-state index contributed by atoms with van der Waals surface area (Å²) in [5.74, 6) is 0.221. The van der Waals surface area contributed by atoms with Gasteiger partial charge in [0.05, 0.1) is 0 Å². The van der Waals surface area contributed by atoms with Gasteiger partial charge in [0.15, 0.2) is 5.78 Å². The highest BCUT2D eigenvalue weighted by molar-refractivity contribution is 6.30. The van der Waals surface area contributed by atoms with Gasteiger partial charge in [0.1, 0.15) is 0 Å². The van der Waals surface area contributed by atoms with E-state index in [1.165, 1.54) is 11.1 Å². The van der Waals surface area contributed by atoms with Crippen molar-refractivity contribution in [1.29, 1.82) is 0 Å². The molecule has 0 saturated heterocycles. The second-order valence-electron chi connectivity index (χ2n) is 4.66. The first-order chi connectivity index (χ1) is 8.75. The fraction of sp³-hybridized carbons (Fsp3) is 0.188. The molecule has 1 nitrogen and oxygen atoms in total. The summed E-state index contributed by atoms with van der Waals surface area (Å²) in [5.41, 5.74) is 3.25. The zero-order valence-corrected chi connectivity index (χ0v) is 10.7. The third kappa shape index (κ3) is 1.95. The smallest absolute Gasteiger partial charge is 0.170 e. The average Bonchev–Trinajstić information content (AvgIpc) is 2.82. The monoisotopic (exact) mass is 256 g/mol. The molecule has 3 rings (SSSR count). The molecule has 0 heterocycles. The summed E-state index contributed by atoms with van der Waals surface area (Å²) < 4.78 is 0. The summed E-state index contributed by atoms with van der Waals surface area (Å²) in [7, 11) is 0. The Morgan fingerprint density at radius 2 is 1.78 bits per heavy atom. The van der Waals surface area contributed by atoms with Crippen LogP contribution < -0.4 is 0 Å². The lowest BCUT2D eigenvalue weighted by atomic mass is 9.92. The van der Waals surface area contributed by atoms with Crippen molar-refractivity contribution < 1.29 is 4.79 Å². The predicted molar refractivity (Wildman–Crippen MR) is 73.3 cm³/mol. The Hall–Kier alpha value is -1.60. The van der Waals surface area contributed by atoms with E-state index in [0.29, 0.717) is 5.02 Å². The van der Waals surface area contributed by atoms with E-state index in [1.54, 1.807) is 12.1 Å². The molecule has 0 amide bonds. The third-order valence-corrected chi connectivity index (χ3v) is 3.83. The first-order valence-corrected chi connectivity index (χ1v) is 6.51. The molecular weight excluding hydrogens is 244 g/mol. The van der Waals surface area contributed by atoms with Gasteiger partial charge in [-0.05, 0) is 48.2 Å². The van der Waals surface area contributed by atoms with Crippen molar-refractivity contribution in [2.24, 2.45) is 0 Å². The minimum absolute atomic E-state index is 0.0161. The molecule has 0 unspecified atom stereocenters. The number of benzene rings is 2. The number of aryl methyl sites for hydroxylation is 1. The van der Waals surface area contributed by atoms with Crippen LogP contribution in [0.2, 0.25) is 5.02 Å². The zero-order valence-electron chi connectivity index (χ0n) is 9.90. The summed E-state index contributed by atoms with van der Waals surface area (Å²) in [4.78, 5) is 12.5. The second kappa shape index (κ2) is 4.58. The predicted octanol–water partition coefficient (Wildman–Crippen LogP) is 4.25. The lowest BCUT2D eigenvalue weighted by Crippen LogP contribution is -2.09. The van der Waals surface area contributed by atoms with Gasteiger partial charge in [-0.2, -0.15) is 0 Å². The number of hydrogen-bond donors (Lipinski definition) is 0. The van der Waals surface area contributed by atoms with E-state index < -0.39 is 0 Å². The van der Waals surface area contributed by atoms with Crippen LogP contribution >= 0.6 is 11.6 Å². The summed E-state index contributed by atoms with van der Waals surface area (Å²) >= 11 is 5.85. The lowest BCUT2D eigenvalue weighted by molar-refractivity contribution is 0.0959. The van der Waals surface area contributed by atoms with Crippen LogP contribution in [-0.4, -0.2) is 5.78 Å². The summed E-state index contributed by atoms with van der Waals surface area (Å²) in [5, 5.41) is 0.665. The number of carbonyl (C=O) groups is 1. The molecule has 90 valence electrons. The molecule has 0 N–H and O–H groups in total. The first-order valence-electron chi connectivity index (χ1n) is 6.13. The van der Waals surface area contributed by atoms with Crippen molar-refractivity contribution in [1.82, 2.24) is 0 Å². The highest BCUT2D eigenvalue weighted by Crippen LogP contribution is 2.35. The standard InChI is InChI=1S/C16H13ClO/c17-13-8-5-12(6-9-13)16(18)15-10-7-11-3-1-2-4-14(11)15/h1-6,8-9,15H,7,10H2/t15-/m1/s1. The van der Waals surface area contributed by atoms with Gasteiger partial charge in [-0.25, -0.2) is 0 Å². The molecule has 0 bridgehead atoms. The van der Waals surface area contributed by atoms with Crippen LogP contribution in [0.1, 0.15) is 33.8 Å². The van der Waals surface area contributed by atoms with Gasteiger partial charge in [-0.3, -0.25) is 4.79 Å². The van der Waals surface area contributed by atoms with Crippen LogP contribution in [-0.2, 0) is 6.42 Å². The molecule has 0 aliphatic heterocycles. The molecule has 0 radical (unpaired) electrons. The number of Topliss-reactive ketones (excluding diaryl/α,β-unsaturated/α-hetero) is 1. The van der Waals surface area contributed by atoms with Crippen LogP contribution in [0, 0.1) is 0 Å². The third-order valence-electron chi connectivity index (χ3n) is 3.58. The highest BCUT2D eigenvalue weighted by Gasteiger charge is 2.28. The number of hydrogen-bond acceptors (Lipinski definition) is 1. The molecule has 18 heavy (non-hydrogen) atoms. The van der Waals surface area contributed by atoms with Gasteiger partial charge in [0, 0.05) is 16.5 Å². The molecular formula is C16H13ClO. The van der Waals surface area contributed by atoms with E-state index in [9.17, 15) is 4.79 Å². The molecule has 0 saturated carbocycles. The Morgan fingerprint density at radius 3 is 2.56 bits per heavy atom.